The van der Waals surface area contributed by atoms with Gasteiger partial charge in [-0.15, -0.1) is 0 Å². The molecule has 7 nitrogen and oxygen atoms in total. The predicted octanol–water partition coefficient (Wildman–Crippen LogP) is 3.84. The minimum atomic E-state index is -0.524. The number of nitrogens with two attached hydrogens (primary N) is 1. The Balaban J connectivity index is 1.57. The van der Waals surface area contributed by atoms with Crippen LogP contribution in [0.5, 0.6) is 0 Å². The van der Waals surface area contributed by atoms with E-state index >= 15 is 0 Å². The van der Waals surface area contributed by atoms with Gasteiger partial charge >= 0.3 is 0 Å². The maximum Gasteiger partial charge on any atom is 0.248 e. The van der Waals surface area contributed by atoms with Gasteiger partial charge in [0, 0.05) is 36.0 Å². The molecule has 0 aliphatic carbocycles. The lowest BCUT2D eigenvalue weighted by atomic mass is 10.1. The molecule has 2 aromatic carbocycles. The molecule has 0 bridgehead atoms. The zero-order valence-electron chi connectivity index (χ0n) is 18.3. The first-order valence-electron chi connectivity index (χ1n) is 10.7. The number of benzene rings is 2. The summed E-state index contributed by atoms with van der Waals surface area (Å²) in [6, 6.07) is 15.1. The second kappa shape index (κ2) is 9.09. The number of anilines is 2. The first-order chi connectivity index (χ1) is 15.4. The van der Waals surface area contributed by atoms with Crippen LogP contribution in [0.4, 0.5) is 11.4 Å². The number of para-hydroxylation sites is 1. The molecule has 0 spiro atoms. The summed E-state index contributed by atoms with van der Waals surface area (Å²) in [6.07, 6.45) is 5.49. The number of hydrogen-bond acceptors (Lipinski definition) is 4. The molecule has 1 saturated heterocycles. The summed E-state index contributed by atoms with van der Waals surface area (Å²) in [7, 11) is 0. The van der Waals surface area contributed by atoms with E-state index in [0.717, 1.165) is 54.3 Å². The van der Waals surface area contributed by atoms with E-state index in [0.29, 0.717) is 11.3 Å². The second-order valence-electron chi connectivity index (χ2n) is 7.94. The molecule has 3 N–H and O–H groups in total. The summed E-state index contributed by atoms with van der Waals surface area (Å²) >= 11 is 0. The maximum atomic E-state index is 12.8. The van der Waals surface area contributed by atoms with E-state index in [1.165, 1.54) is 6.08 Å². The van der Waals surface area contributed by atoms with Crippen molar-refractivity contribution in [3.63, 3.8) is 0 Å². The zero-order chi connectivity index (χ0) is 22.7. The third-order valence-corrected chi connectivity index (χ3v) is 5.74. The highest BCUT2D eigenvalue weighted by Crippen LogP contribution is 2.30. The molecule has 1 aliphatic heterocycles. The fourth-order valence-electron chi connectivity index (χ4n) is 4.07. The number of nitrogens with zero attached hydrogens (tertiary/aromatic N) is 3. The molecule has 1 aliphatic rings. The molecule has 0 atom stereocenters. The van der Waals surface area contributed by atoms with E-state index in [-0.39, 0.29) is 5.91 Å². The lowest BCUT2D eigenvalue weighted by Gasteiger charge is -2.21. The Kier molecular flexibility index (Phi) is 6.07. The van der Waals surface area contributed by atoms with Crippen molar-refractivity contribution in [1.29, 1.82) is 0 Å². The number of hydrogen-bond donors (Lipinski definition) is 2. The predicted molar refractivity (Wildman–Crippen MR) is 127 cm³/mol. The molecular weight excluding hydrogens is 402 g/mol. The third-order valence-electron chi connectivity index (χ3n) is 5.74. The van der Waals surface area contributed by atoms with E-state index in [9.17, 15) is 9.59 Å². The summed E-state index contributed by atoms with van der Waals surface area (Å²) < 4.78 is 1.87. The topological polar surface area (TPSA) is 93.2 Å². The Hall–Kier alpha value is -3.87. The molecule has 1 fully saturated rings. The Bertz CT molecular complexity index is 1170. The van der Waals surface area contributed by atoms with E-state index in [2.05, 4.69) is 15.3 Å². The summed E-state index contributed by atoms with van der Waals surface area (Å²) in [5, 5.41) is 7.54. The van der Waals surface area contributed by atoms with Crippen molar-refractivity contribution >= 4 is 29.3 Å². The standard InChI is InChI=1S/C25H27N5O2/c1-17-21(18(2)30(28-17)20-8-4-3-5-9-20)11-13-24(31)27-22-16-19(25(26)32)10-12-23(22)29-14-6-7-15-29/h3-5,8-13,16H,6-7,14-15H2,1-2H3,(H2,26,32)(H,27,31)/b13-11+. The van der Waals surface area contributed by atoms with Crippen molar-refractivity contribution in [1.82, 2.24) is 9.78 Å². The fourth-order valence-corrected chi connectivity index (χ4v) is 4.07. The van der Waals surface area contributed by atoms with E-state index < -0.39 is 5.91 Å². The van der Waals surface area contributed by atoms with Crippen LogP contribution in [-0.4, -0.2) is 34.7 Å². The van der Waals surface area contributed by atoms with Crippen LogP contribution >= 0.6 is 0 Å². The fraction of sp³-hybridized carbons (Fsp3) is 0.240. The lowest BCUT2D eigenvalue weighted by Crippen LogP contribution is -2.21. The molecule has 1 aromatic heterocycles. The molecule has 0 saturated carbocycles. The third kappa shape index (κ3) is 4.42. The van der Waals surface area contributed by atoms with Gasteiger partial charge in [0.05, 0.1) is 22.8 Å². The number of carbonyl (C=O) groups excluding carboxylic acids is 2. The number of aromatic nitrogens is 2. The number of amides is 2. The summed E-state index contributed by atoms with van der Waals surface area (Å²) in [5.41, 5.74) is 11.0. The zero-order valence-corrected chi connectivity index (χ0v) is 18.3. The van der Waals surface area contributed by atoms with Crippen molar-refractivity contribution in [2.75, 3.05) is 23.3 Å². The molecule has 3 aromatic rings. The average molecular weight is 430 g/mol. The van der Waals surface area contributed by atoms with Gasteiger partial charge in [-0.1, -0.05) is 18.2 Å². The monoisotopic (exact) mass is 429 g/mol. The number of aryl methyl sites for hydroxylation is 1. The van der Waals surface area contributed by atoms with Gasteiger partial charge in [-0.3, -0.25) is 9.59 Å². The number of nitrogens with one attached hydrogen (secondary N) is 1. The molecular formula is C25H27N5O2. The van der Waals surface area contributed by atoms with Crippen LogP contribution in [0.3, 0.4) is 0 Å². The normalized spacial score (nSPS) is 13.6. The minimum absolute atomic E-state index is 0.279. The number of primary amides is 1. The molecule has 7 heteroatoms. The van der Waals surface area contributed by atoms with Crippen molar-refractivity contribution < 1.29 is 9.59 Å². The molecule has 32 heavy (non-hydrogen) atoms. The van der Waals surface area contributed by atoms with Crippen molar-refractivity contribution in [3.8, 4) is 5.69 Å². The van der Waals surface area contributed by atoms with Gasteiger partial charge < -0.3 is 16.0 Å². The van der Waals surface area contributed by atoms with Gasteiger partial charge in [0.2, 0.25) is 11.8 Å². The van der Waals surface area contributed by atoms with Crippen LogP contribution in [0.25, 0.3) is 11.8 Å². The van der Waals surface area contributed by atoms with Crippen LogP contribution in [0.15, 0.2) is 54.6 Å². The maximum absolute atomic E-state index is 12.8. The second-order valence-corrected chi connectivity index (χ2v) is 7.94. The van der Waals surface area contributed by atoms with Gasteiger partial charge in [-0.25, -0.2) is 4.68 Å². The molecule has 0 radical (unpaired) electrons. The highest BCUT2D eigenvalue weighted by atomic mass is 16.1. The minimum Gasteiger partial charge on any atom is -0.370 e. The van der Waals surface area contributed by atoms with Crippen LogP contribution in [-0.2, 0) is 4.79 Å². The Morgan fingerprint density at radius 1 is 1.06 bits per heavy atom. The molecule has 4 rings (SSSR count). The lowest BCUT2D eigenvalue weighted by molar-refractivity contribution is -0.111. The number of carbonyl (C=O) groups is 2. The summed E-state index contributed by atoms with van der Waals surface area (Å²) in [4.78, 5) is 26.6. The van der Waals surface area contributed by atoms with Gasteiger partial charge in [0.15, 0.2) is 0 Å². The van der Waals surface area contributed by atoms with Crippen molar-refractivity contribution in [2.24, 2.45) is 5.73 Å². The van der Waals surface area contributed by atoms with Crippen LogP contribution in [0.1, 0.15) is 40.2 Å². The first-order valence-corrected chi connectivity index (χ1v) is 10.7. The van der Waals surface area contributed by atoms with Gasteiger partial charge in [-0.2, -0.15) is 5.10 Å². The smallest absolute Gasteiger partial charge is 0.248 e. The van der Waals surface area contributed by atoms with Crippen molar-refractivity contribution in [3.05, 3.63) is 77.1 Å². The highest BCUT2D eigenvalue weighted by Gasteiger charge is 2.18. The Morgan fingerprint density at radius 3 is 2.47 bits per heavy atom. The largest absolute Gasteiger partial charge is 0.370 e. The highest BCUT2D eigenvalue weighted by molar-refractivity contribution is 6.05. The molecule has 2 heterocycles. The van der Waals surface area contributed by atoms with E-state index in [4.69, 9.17) is 5.73 Å². The first kappa shape index (κ1) is 21.4. The number of rotatable bonds is 6. The SMILES string of the molecule is Cc1nn(-c2ccccc2)c(C)c1/C=C/C(=O)Nc1cc(C(N)=O)ccc1N1CCCC1. The van der Waals surface area contributed by atoms with Crippen LogP contribution in [0, 0.1) is 13.8 Å². The molecule has 2 amide bonds. The molecule has 164 valence electrons. The molecule has 0 unspecified atom stereocenters. The quantitative estimate of drug-likeness (QED) is 0.582. The summed E-state index contributed by atoms with van der Waals surface area (Å²) in [5.74, 6) is -0.804. The summed E-state index contributed by atoms with van der Waals surface area (Å²) in [6.45, 7) is 5.75. The van der Waals surface area contributed by atoms with Gasteiger partial charge in [-0.05, 0) is 63.1 Å². The van der Waals surface area contributed by atoms with E-state index in [1.54, 1.807) is 18.2 Å². The average Bonchev–Trinajstić information content (AvgIpc) is 3.41. The Labute approximate surface area is 187 Å². The van der Waals surface area contributed by atoms with Gasteiger partial charge in [0.1, 0.15) is 0 Å². The van der Waals surface area contributed by atoms with E-state index in [1.807, 2.05) is 54.9 Å². The van der Waals surface area contributed by atoms with Gasteiger partial charge in [0.25, 0.3) is 0 Å². The van der Waals surface area contributed by atoms with Crippen LogP contribution < -0.4 is 16.0 Å². The van der Waals surface area contributed by atoms with Crippen molar-refractivity contribution in [2.45, 2.75) is 26.7 Å². The van der Waals surface area contributed by atoms with Crippen LogP contribution in [0.2, 0.25) is 0 Å². The Morgan fingerprint density at radius 2 is 1.78 bits per heavy atom.